The van der Waals surface area contributed by atoms with Crippen LogP contribution in [0.5, 0.6) is 5.75 Å². The molecule has 0 bridgehead atoms. The molecule has 3 heterocycles. The van der Waals surface area contributed by atoms with Crippen molar-refractivity contribution in [2.24, 2.45) is 4.99 Å². The summed E-state index contributed by atoms with van der Waals surface area (Å²) in [5.74, 6) is 0.972. The Balaban J connectivity index is 1.27. The molecule has 2 unspecified atom stereocenters. The molecule has 4 N–H and O–H groups in total. The smallest absolute Gasteiger partial charge is 0.167 e. The second-order valence-corrected chi connectivity index (χ2v) is 12.1. The Morgan fingerprint density at radius 2 is 2.03 bits per heavy atom. The Kier molecular flexibility index (Phi) is 5.79. The predicted molar refractivity (Wildman–Crippen MR) is 130 cm³/mol. The van der Waals surface area contributed by atoms with Crippen LogP contribution in [-0.2, 0) is 9.84 Å². The van der Waals surface area contributed by atoms with Gasteiger partial charge in [-0.15, -0.1) is 0 Å². The zero-order chi connectivity index (χ0) is 24.1. The minimum absolute atomic E-state index is 0.110. The fourth-order valence-electron chi connectivity index (χ4n) is 4.75. The highest BCUT2D eigenvalue weighted by Crippen LogP contribution is 2.41. The lowest BCUT2D eigenvalue weighted by atomic mass is 10.00. The van der Waals surface area contributed by atoms with Crippen LogP contribution >= 0.6 is 0 Å². The van der Waals surface area contributed by atoms with Gasteiger partial charge in [0.25, 0.3) is 0 Å². The Morgan fingerprint density at radius 3 is 2.68 bits per heavy atom. The van der Waals surface area contributed by atoms with E-state index in [-0.39, 0.29) is 40.3 Å². The van der Waals surface area contributed by atoms with Crippen LogP contribution in [0.25, 0.3) is 0 Å². The first kappa shape index (κ1) is 23.1. The molecule has 0 radical (unpaired) electrons. The molecule has 5 rings (SSSR count). The molecule has 3 fully saturated rings. The molecule has 1 aromatic carbocycles. The summed E-state index contributed by atoms with van der Waals surface area (Å²) in [6.07, 6.45) is 5.91. The van der Waals surface area contributed by atoms with Gasteiger partial charge in [-0.05, 0) is 38.3 Å². The molecule has 4 aliphatic rings. The number of sulfone groups is 1. The van der Waals surface area contributed by atoms with Crippen LogP contribution in [0.15, 0.2) is 29.0 Å². The summed E-state index contributed by atoms with van der Waals surface area (Å²) in [6, 6.07) is 2.27. The van der Waals surface area contributed by atoms with Gasteiger partial charge in [-0.2, -0.15) is 0 Å². The van der Waals surface area contributed by atoms with Crippen molar-refractivity contribution in [1.82, 2.24) is 15.1 Å². The summed E-state index contributed by atoms with van der Waals surface area (Å²) in [4.78, 5) is 8.84. The third kappa shape index (κ3) is 4.76. The van der Waals surface area contributed by atoms with E-state index in [0.717, 1.165) is 44.8 Å². The molecule has 1 saturated carbocycles. The molecule has 1 aliphatic carbocycles. The van der Waals surface area contributed by atoms with Gasteiger partial charge in [0.15, 0.2) is 21.4 Å². The van der Waals surface area contributed by atoms with Crippen LogP contribution < -0.4 is 15.8 Å². The molecule has 1 aromatic rings. The zero-order valence-corrected chi connectivity index (χ0v) is 20.1. The largest absolute Gasteiger partial charge is 0.484 e. The average molecular weight is 491 g/mol. The van der Waals surface area contributed by atoms with E-state index in [2.05, 4.69) is 20.1 Å². The second-order valence-electron chi connectivity index (χ2n) is 9.83. The maximum atomic E-state index is 14.4. The predicted octanol–water partition coefficient (Wildman–Crippen LogP) is 1.35. The number of nitrogen functional groups attached to an aromatic ring is 1. The molecule has 0 spiro atoms. The summed E-state index contributed by atoms with van der Waals surface area (Å²) >= 11 is 0. The quantitative estimate of drug-likeness (QED) is 0.406. The number of piperazine rings is 1. The maximum Gasteiger partial charge on any atom is 0.167 e. The van der Waals surface area contributed by atoms with Gasteiger partial charge in [-0.25, -0.2) is 12.8 Å². The number of rotatable bonds is 6. The molecular formula is C23H31FN6O3S. The van der Waals surface area contributed by atoms with Gasteiger partial charge in [-0.1, -0.05) is 0 Å². The van der Waals surface area contributed by atoms with Crippen molar-refractivity contribution in [3.63, 3.8) is 0 Å². The Bertz CT molecular complexity index is 1160. The van der Waals surface area contributed by atoms with Gasteiger partial charge in [0.05, 0.1) is 23.6 Å². The summed E-state index contributed by atoms with van der Waals surface area (Å²) in [6.45, 7) is 4.99. The third-order valence-corrected chi connectivity index (χ3v) is 8.89. The molecule has 0 amide bonds. The number of hydrogen-bond donors (Lipinski definition) is 3. The van der Waals surface area contributed by atoms with Crippen LogP contribution in [0, 0.1) is 11.2 Å². The molecule has 0 aromatic heterocycles. The Labute approximate surface area is 199 Å². The summed E-state index contributed by atoms with van der Waals surface area (Å²) < 4.78 is 43.9. The lowest BCUT2D eigenvalue weighted by Gasteiger charge is -2.40. The minimum Gasteiger partial charge on any atom is -0.484 e. The van der Waals surface area contributed by atoms with Crippen molar-refractivity contribution < 1.29 is 17.5 Å². The molecule has 3 aliphatic heterocycles. The van der Waals surface area contributed by atoms with E-state index in [0.29, 0.717) is 12.0 Å². The van der Waals surface area contributed by atoms with E-state index in [4.69, 9.17) is 15.9 Å². The van der Waals surface area contributed by atoms with Gasteiger partial charge < -0.3 is 26.1 Å². The number of nitrogens with zero attached hydrogens (tertiary/aromatic N) is 3. The lowest BCUT2D eigenvalue weighted by molar-refractivity contribution is 0.122. The van der Waals surface area contributed by atoms with Gasteiger partial charge in [0.2, 0.25) is 0 Å². The number of nitrogens with two attached hydrogens (primary N) is 1. The van der Waals surface area contributed by atoms with Crippen LogP contribution in [0.3, 0.4) is 0 Å². The van der Waals surface area contributed by atoms with Crippen LogP contribution in [0.1, 0.15) is 31.7 Å². The van der Waals surface area contributed by atoms with E-state index in [1.807, 2.05) is 13.0 Å². The summed E-state index contributed by atoms with van der Waals surface area (Å²) in [7, 11) is -2.90. The standard InChI is InChI=1S/C23H31FN6O3S/c1-23(3-4-23)33-20-10-16(18(25)11-17(20)24)22(26)19-12-21(28-14-27-19)30-7-5-29(6-8-30)15-2-9-34(31,32)13-15/h10-12,14-15,19,26H,2-9,13,25H2,1H3,(H,27,28). The molecule has 34 heavy (non-hydrogen) atoms. The van der Waals surface area contributed by atoms with Gasteiger partial charge >= 0.3 is 0 Å². The monoisotopic (exact) mass is 490 g/mol. The minimum atomic E-state index is -2.90. The van der Waals surface area contributed by atoms with Crippen LogP contribution in [-0.4, -0.2) is 85.6 Å². The van der Waals surface area contributed by atoms with E-state index < -0.39 is 21.7 Å². The number of anilines is 1. The summed E-state index contributed by atoms with van der Waals surface area (Å²) in [5.41, 5.74) is 6.48. The van der Waals surface area contributed by atoms with Gasteiger partial charge in [0, 0.05) is 49.5 Å². The van der Waals surface area contributed by atoms with Crippen molar-refractivity contribution in [3.05, 3.63) is 35.4 Å². The number of hydrogen-bond acceptors (Lipinski definition) is 9. The number of benzene rings is 1. The van der Waals surface area contributed by atoms with Crippen molar-refractivity contribution in [2.45, 2.75) is 43.9 Å². The molecule has 184 valence electrons. The van der Waals surface area contributed by atoms with E-state index in [9.17, 15) is 12.8 Å². The Hall–Kier alpha value is -2.66. The molecule has 2 saturated heterocycles. The molecule has 9 nitrogen and oxygen atoms in total. The topological polar surface area (TPSA) is 124 Å². The number of halogens is 1. The Morgan fingerprint density at radius 1 is 1.29 bits per heavy atom. The van der Waals surface area contributed by atoms with E-state index in [1.165, 1.54) is 12.1 Å². The normalized spacial score (nSPS) is 27.7. The molecular weight excluding hydrogens is 459 g/mol. The van der Waals surface area contributed by atoms with Crippen molar-refractivity contribution in [2.75, 3.05) is 43.4 Å². The number of aliphatic imine (C=N–C) groups is 1. The van der Waals surface area contributed by atoms with Crippen molar-refractivity contribution in [3.8, 4) is 5.75 Å². The fourth-order valence-corrected chi connectivity index (χ4v) is 6.51. The van der Waals surface area contributed by atoms with Crippen molar-refractivity contribution >= 4 is 27.6 Å². The zero-order valence-electron chi connectivity index (χ0n) is 19.3. The van der Waals surface area contributed by atoms with Crippen molar-refractivity contribution in [1.29, 1.82) is 5.41 Å². The molecule has 11 heteroatoms. The second kappa shape index (κ2) is 8.53. The highest BCUT2D eigenvalue weighted by Gasteiger charge is 2.41. The fraction of sp³-hybridized carbons (Fsp3) is 0.565. The SMILES string of the molecule is CC1(Oc2cc(C(=N)C3C=C(N4CCN(C5CCS(=O)(=O)C5)CC4)NC=N3)c(N)cc2F)CC1. The van der Waals surface area contributed by atoms with E-state index in [1.54, 1.807) is 6.34 Å². The average Bonchev–Trinajstić information content (AvgIpc) is 3.43. The highest BCUT2D eigenvalue weighted by atomic mass is 32.2. The first-order valence-electron chi connectivity index (χ1n) is 11.7. The molecule has 2 atom stereocenters. The third-order valence-electron chi connectivity index (χ3n) is 7.14. The lowest BCUT2D eigenvalue weighted by Crippen LogP contribution is -2.52. The van der Waals surface area contributed by atoms with Gasteiger partial charge in [-0.3, -0.25) is 9.89 Å². The number of ether oxygens (including phenoxy) is 1. The first-order valence-corrected chi connectivity index (χ1v) is 13.5. The van der Waals surface area contributed by atoms with Crippen LogP contribution in [0.2, 0.25) is 0 Å². The van der Waals surface area contributed by atoms with E-state index >= 15 is 0 Å². The highest BCUT2D eigenvalue weighted by molar-refractivity contribution is 7.91. The maximum absolute atomic E-state index is 14.4. The number of nitrogens with one attached hydrogen (secondary N) is 2. The van der Waals surface area contributed by atoms with Crippen LogP contribution in [0.4, 0.5) is 10.1 Å². The first-order chi connectivity index (χ1) is 16.1. The summed E-state index contributed by atoms with van der Waals surface area (Å²) in [5, 5.41) is 11.9. The van der Waals surface area contributed by atoms with Gasteiger partial charge in [0.1, 0.15) is 17.5 Å².